The lowest BCUT2D eigenvalue weighted by Gasteiger charge is -2.46. The molecule has 1 atom stereocenters. The highest BCUT2D eigenvalue weighted by molar-refractivity contribution is 5.66. The third-order valence-electron chi connectivity index (χ3n) is 7.28. The predicted molar refractivity (Wildman–Crippen MR) is 115 cm³/mol. The minimum Gasteiger partial charge on any atom is -0.481 e. The Hall–Kier alpha value is -2.64. The molecule has 0 radical (unpaired) electrons. The number of carboxylic acids is 1. The molecular weight excluding hydrogens is 877 g/mol. The Bertz CT molecular complexity index is 1380. The van der Waals surface area contributed by atoms with E-state index in [1.807, 2.05) is 0 Å². The first kappa shape index (κ1) is 52.4. The van der Waals surface area contributed by atoms with Crippen molar-refractivity contribution >= 4 is 5.97 Å². The Balaban J connectivity index is 7.31. The zero-order chi connectivity index (χ0) is 45.5. The van der Waals surface area contributed by atoms with Crippen molar-refractivity contribution in [2.75, 3.05) is 27.2 Å². The van der Waals surface area contributed by atoms with Gasteiger partial charge in [-0.2, -0.15) is 127 Å². The van der Waals surface area contributed by atoms with E-state index < -0.39 is 126 Å². The number of likely N-dealkylation sites (N-methyl/N-ethyl adjacent to an activating group) is 1. The molecule has 2 N–H and O–H groups in total. The summed E-state index contributed by atoms with van der Waals surface area (Å²) in [5.74, 6) is -123. The molecule has 0 aromatic rings. The zero-order valence-electron chi connectivity index (χ0n) is 25.6. The van der Waals surface area contributed by atoms with E-state index in [0.29, 0.717) is 0 Å². The van der Waals surface area contributed by atoms with E-state index in [2.05, 4.69) is 0 Å². The SMILES string of the molecule is C[N+](C)(CCC(=O)O)CC(O)CC(F)(F)C(F)(F)C(F)(F)C(F)(F)C(F)(F)C(F)(F)C(F)(F)C(F)(F)C(F)(F)C(F)(F)C(F)(F)C(F)(F)C(F)(F)C(F)(F)F. The number of halogens is 29. The number of rotatable bonds is 19. The van der Waals surface area contributed by atoms with Gasteiger partial charge >= 0.3 is 89.1 Å². The molecule has 55 heavy (non-hydrogen) atoms. The van der Waals surface area contributed by atoms with Crippen LogP contribution in [0.1, 0.15) is 12.8 Å². The Morgan fingerprint density at radius 2 is 0.655 bits per heavy atom. The molecule has 33 heteroatoms. The largest absolute Gasteiger partial charge is 0.481 e. The number of alkyl halides is 29. The lowest BCUT2D eigenvalue weighted by molar-refractivity contribution is -0.893. The molecule has 0 saturated carbocycles. The second-order valence-corrected chi connectivity index (χ2v) is 11.9. The summed E-state index contributed by atoms with van der Waals surface area (Å²) in [6.45, 7) is -2.26. The summed E-state index contributed by atoms with van der Waals surface area (Å²) < 4.78 is 394. The van der Waals surface area contributed by atoms with Crippen molar-refractivity contribution in [3.63, 3.8) is 0 Å². The molecule has 0 saturated heterocycles. The van der Waals surface area contributed by atoms with Crippen molar-refractivity contribution in [2.24, 2.45) is 0 Å². The van der Waals surface area contributed by atoms with Crippen LogP contribution in [0.3, 0.4) is 0 Å². The first-order valence-corrected chi connectivity index (χ1v) is 13.0. The number of hydrogen-bond donors (Lipinski definition) is 2. The fourth-order valence-electron chi connectivity index (χ4n) is 3.93. The standard InChI is InChI=1S/C22H16F29NO3/c1-52(2,4-3-8(54)55)6-7(53)5-9(23,24)10(25,26)11(27,28)12(29,30)13(31,32)14(33,34)15(35,36)16(37,38)17(39,40)18(41,42)19(43,44)20(45,46)21(47,48)22(49,50)51/h7,53H,3-6H2,1-2H3/p+1. The van der Waals surface area contributed by atoms with Gasteiger partial charge in [0.2, 0.25) is 0 Å². The van der Waals surface area contributed by atoms with Crippen LogP contribution in [0.4, 0.5) is 127 Å². The van der Waals surface area contributed by atoms with Gasteiger partial charge in [0.25, 0.3) is 0 Å². The highest BCUT2D eigenvalue weighted by atomic mass is 19.4. The Morgan fingerprint density at radius 3 is 0.873 bits per heavy atom. The average Bonchev–Trinajstić information content (AvgIpc) is 2.93. The highest BCUT2D eigenvalue weighted by Crippen LogP contribution is 2.69. The van der Waals surface area contributed by atoms with Crippen molar-refractivity contribution in [1.82, 2.24) is 0 Å². The summed E-state index contributed by atoms with van der Waals surface area (Å²) in [7, 11) is 1.52. The van der Waals surface area contributed by atoms with Gasteiger partial charge < -0.3 is 14.7 Å². The smallest absolute Gasteiger partial charge is 0.460 e. The summed E-state index contributed by atoms with van der Waals surface area (Å²) in [5.41, 5.74) is 0. The number of hydrogen-bond acceptors (Lipinski definition) is 2. The molecule has 0 aromatic carbocycles. The topological polar surface area (TPSA) is 57.5 Å². The molecule has 0 amide bonds. The monoisotopic (exact) mass is 894 g/mol. The average molecular weight is 894 g/mol. The van der Waals surface area contributed by atoms with Gasteiger partial charge in [0.05, 0.1) is 27.1 Å². The van der Waals surface area contributed by atoms with Gasteiger partial charge in [-0.25, -0.2) is 0 Å². The number of carboxylic acid groups (broad SMARTS) is 1. The molecule has 0 aliphatic rings. The molecular formula is C22H17F29NO3+. The second-order valence-electron chi connectivity index (χ2n) is 11.9. The van der Waals surface area contributed by atoms with Crippen LogP contribution >= 0.6 is 0 Å². The van der Waals surface area contributed by atoms with Gasteiger partial charge in [0.15, 0.2) is 0 Å². The van der Waals surface area contributed by atoms with Gasteiger partial charge in [-0.1, -0.05) is 0 Å². The third kappa shape index (κ3) is 7.36. The van der Waals surface area contributed by atoms with Crippen molar-refractivity contribution in [2.45, 2.75) is 102 Å². The lowest BCUT2D eigenvalue weighted by atomic mass is 9.83. The number of nitrogens with zero attached hydrogens (tertiary/aromatic N) is 1. The van der Waals surface area contributed by atoms with Gasteiger partial charge in [0, 0.05) is 6.42 Å². The Morgan fingerprint density at radius 1 is 0.436 bits per heavy atom. The van der Waals surface area contributed by atoms with Crippen LogP contribution in [0.2, 0.25) is 0 Å². The molecule has 0 aromatic heterocycles. The fourth-order valence-corrected chi connectivity index (χ4v) is 3.93. The quantitative estimate of drug-likeness (QED) is 0.101. The second kappa shape index (κ2) is 13.7. The first-order chi connectivity index (χ1) is 23.3. The Kier molecular flexibility index (Phi) is 13.1. The van der Waals surface area contributed by atoms with E-state index in [1.165, 1.54) is 0 Å². The number of carbonyl (C=O) groups is 1. The van der Waals surface area contributed by atoms with Crippen molar-refractivity contribution in [3.05, 3.63) is 0 Å². The Labute approximate surface area is 283 Å². The molecule has 0 heterocycles. The summed E-state index contributed by atoms with van der Waals surface area (Å²) >= 11 is 0. The van der Waals surface area contributed by atoms with Crippen LogP contribution in [-0.2, 0) is 4.79 Å². The summed E-state index contributed by atoms with van der Waals surface area (Å²) in [4.78, 5) is 10.6. The number of aliphatic carboxylic acids is 1. The predicted octanol–water partition coefficient (Wildman–Crippen LogP) is 9.11. The maximum Gasteiger partial charge on any atom is 0.460 e. The van der Waals surface area contributed by atoms with Crippen molar-refractivity contribution in [1.29, 1.82) is 0 Å². The van der Waals surface area contributed by atoms with E-state index in [0.717, 1.165) is 14.1 Å². The molecule has 1 unspecified atom stereocenters. The van der Waals surface area contributed by atoms with Crippen LogP contribution in [0, 0.1) is 0 Å². The van der Waals surface area contributed by atoms with Crippen molar-refractivity contribution < 1.29 is 147 Å². The molecule has 0 aliphatic carbocycles. The van der Waals surface area contributed by atoms with Crippen LogP contribution in [0.15, 0.2) is 0 Å². The minimum atomic E-state index is -9.99. The first-order valence-electron chi connectivity index (χ1n) is 13.0. The van der Waals surface area contributed by atoms with Crippen molar-refractivity contribution in [3.8, 4) is 0 Å². The summed E-state index contributed by atoms with van der Waals surface area (Å²) in [5, 5.41) is 18.1. The fraction of sp³-hybridized carbons (Fsp3) is 0.955. The van der Waals surface area contributed by atoms with Gasteiger partial charge in [-0.05, 0) is 0 Å². The molecule has 0 spiro atoms. The molecule has 330 valence electrons. The highest BCUT2D eigenvalue weighted by Gasteiger charge is 3.00. The third-order valence-corrected chi connectivity index (χ3v) is 7.28. The van der Waals surface area contributed by atoms with Gasteiger partial charge in [0.1, 0.15) is 12.6 Å². The van der Waals surface area contributed by atoms with Crippen LogP contribution in [0.5, 0.6) is 0 Å². The molecule has 0 aliphatic heterocycles. The molecule has 0 bridgehead atoms. The van der Waals surface area contributed by atoms with E-state index in [-0.39, 0.29) is 0 Å². The summed E-state index contributed by atoms with van der Waals surface area (Å²) in [6, 6.07) is 0. The van der Waals surface area contributed by atoms with Crippen LogP contribution in [0.25, 0.3) is 0 Å². The zero-order valence-corrected chi connectivity index (χ0v) is 25.6. The molecule has 4 nitrogen and oxygen atoms in total. The van der Waals surface area contributed by atoms with E-state index >= 15 is 0 Å². The summed E-state index contributed by atoms with van der Waals surface area (Å²) in [6.07, 6.45) is -15.9. The molecule has 0 rings (SSSR count). The van der Waals surface area contributed by atoms with Crippen LogP contribution < -0.4 is 0 Å². The van der Waals surface area contributed by atoms with Crippen LogP contribution in [-0.4, -0.2) is 137 Å². The lowest BCUT2D eigenvalue weighted by Crippen LogP contribution is -2.79. The minimum absolute atomic E-state index is 0.758. The number of quaternary nitrogens is 1. The van der Waals surface area contributed by atoms with E-state index in [9.17, 15) is 137 Å². The molecule has 0 fully saturated rings. The normalized spacial score (nSPS) is 17.1. The van der Waals surface area contributed by atoms with Gasteiger partial charge in [-0.3, -0.25) is 4.79 Å². The van der Waals surface area contributed by atoms with Gasteiger partial charge in [-0.15, -0.1) is 0 Å². The maximum absolute atomic E-state index is 14.2. The number of aliphatic hydroxyl groups is 1. The van der Waals surface area contributed by atoms with E-state index in [4.69, 9.17) is 5.11 Å². The van der Waals surface area contributed by atoms with E-state index in [1.54, 1.807) is 0 Å². The number of aliphatic hydroxyl groups excluding tert-OH is 1. The maximum atomic E-state index is 14.2.